The zero-order chi connectivity index (χ0) is 20.8. The van der Waals surface area contributed by atoms with E-state index in [0.717, 1.165) is 19.6 Å². The molecule has 6 heteroatoms. The van der Waals surface area contributed by atoms with Gasteiger partial charge in [0.05, 0.1) is 12.2 Å². The summed E-state index contributed by atoms with van der Waals surface area (Å²) in [6, 6.07) is 5.15. The van der Waals surface area contributed by atoms with Crippen molar-refractivity contribution in [3.63, 3.8) is 0 Å². The first-order valence-electron chi connectivity index (χ1n) is 10.6. The van der Waals surface area contributed by atoms with Crippen LogP contribution in [0, 0.1) is 0 Å². The van der Waals surface area contributed by atoms with E-state index < -0.39 is 0 Å². The number of hydrogen-bond acceptors (Lipinski definition) is 4. The molecule has 2 N–H and O–H groups in total. The van der Waals surface area contributed by atoms with E-state index >= 15 is 0 Å². The number of nitrogens with one attached hydrogen (secondary N) is 2. The van der Waals surface area contributed by atoms with Gasteiger partial charge < -0.3 is 20.3 Å². The number of rotatable bonds is 14. The Morgan fingerprint density at radius 1 is 1.00 bits per heavy atom. The van der Waals surface area contributed by atoms with Gasteiger partial charge in [-0.15, -0.1) is 0 Å². The van der Waals surface area contributed by atoms with Gasteiger partial charge in [-0.1, -0.05) is 33.6 Å². The summed E-state index contributed by atoms with van der Waals surface area (Å²) in [5.41, 5.74) is 1.13. The lowest BCUT2D eigenvalue weighted by Crippen LogP contribution is -2.36. The lowest BCUT2D eigenvalue weighted by molar-refractivity contribution is -0.115. The van der Waals surface area contributed by atoms with E-state index in [0.29, 0.717) is 36.6 Å². The van der Waals surface area contributed by atoms with Gasteiger partial charge in [-0.05, 0) is 45.0 Å². The van der Waals surface area contributed by atoms with Crippen molar-refractivity contribution in [2.24, 2.45) is 0 Å². The van der Waals surface area contributed by atoms with E-state index in [4.69, 9.17) is 4.74 Å². The standard InChI is InChI=1S/C22H37N3O3/c1-5-9-14-25(15-10-6-2)16-13-23-22(27)19-12-11-18(24-21(26)7-3)17-20(19)28-8-4/h11-12,17H,5-10,13-16H2,1-4H3,(H,23,27)(H,24,26). The van der Waals surface area contributed by atoms with Crippen molar-refractivity contribution >= 4 is 17.5 Å². The monoisotopic (exact) mass is 391 g/mol. The minimum absolute atomic E-state index is 0.0705. The summed E-state index contributed by atoms with van der Waals surface area (Å²) in [5, 5.41) is 5.80. The normalized spacial score (nSPS) is 10.8. The van der Waals surface area contributed by atoms with Crippen molar-refractivity contribution < 1.29 is 14.3 Å². The molecule has 1 aromatic carbocycles. The van der Waals surface area contributed by atoms with Crippen molar-refractivity contribution in [1.82, 2.24) is 10.2 Å². The average molecular weight is 392 g/mol. The molecule has 0 saturated heterocycles. The number of nitrogens with zero attached hydrogens (tertiary/aromatic N) is 1. The Morgan fingerprint density at radius 3 is 2.25 bits per heavy atom. The number of carbonyl (C=O) groups excluding carboxylic acids is 2. The zero-order valence-electron chi connectivity index (χ0n) is 18.0. The summed E-state index contributed by atoms with van der Waals surface area (Å²) in [6.07, 6.45) is 5.11. The minimum Gasteiger partial charge on any atom is -0.493 e. The molecule has 0 fully saturated rings. The molecule has 0 spiro atoms. The van der Waals surface area contributed by atoms with E-state index in [1.165, 1.54) is 25.7 Å². The Labute approximate surface area is 170 Å². The second-order valence-corrected chi connectivity index (χ2v) is 6.85. The molecule has 0 atom stereocenters. The van der Waals surface area contributed by atoms with Gasteiger partial charge in [0.2, 0.25) is 5.91 Å². The van der Waals surface area contributed by atoms with Gasteiger partial charge >= 0.3 is 0 Å². The van der Waals surface area contributed by atoms with Gasteiger partial charge in [0.25, 0.3) is 5.91 Å². The molecule has 28 heavy (non-hydrogen) atoms. The molecule has 0 radical (unpaired) electrons. The van der Waals surface area contributed by atoms with Crippen LogP contribution in [0.3, 0.4) is 0 Å². The lowest BCUT2D eigenvalue weighted by Gasteiger charge is -2.22. The number of hydrogen-bond donors (Lipinski definition) is 2. The largest absolute Gasteiger partial charge is 0.493 e. The third-order valence-electron chi connectivity index (χ3n) is 4.50. The van der Waals surface area contributed by atoms with Crippen LogP contribution in [0.2, 0.25) is 0 Å². The fraction of sp³-hybridized carbons (Fsp3) is 0.636. The molecule has 0 heterocycles. The molecule has 0 bridgehead atoms. The van der Waals surface area contributed by atoms with E-state index in [9.17, 15) is 9.59 Å². The fourth-order valence-corrected chi connectivity index (χ4v) is 2.83. The number of amides is 2. The Bertz CT molecular complexity index is 597. The highest BCUT2D eigenvalue weighted by Crippen LogP contribution is 2.24. The molecule has 0 saturated carbocycles. The summed E-state index contributed by atoms with van der Waals surface area (Å²) in [5.74, 6) is 0.268. The number of unbranched alkanes of at least 4 members (excludes halogenated alkanes) is 2. The van der Waals surface area contributed by atoms with Crippen LogP contribution in [0.4, 0.5) is 5.69 Å². The molecule has 1 aromatic rings. The van der Waals surface area contributed by atoms with Crippen molar-refractivity contribution in [3.8, 4) is 5.75 Å². The zero-order valence-corrected chi connectivity index (χ0v) is 18.0. The summed E-state index contributed by atoms with van der Waals surface area (Å²) >= 11 is 0. The van der Waals surface area contributed by atoms with Gasteiger partial charge in [-0.2, -0.15) is 0 Å². The molecular formula is C22H37N3O3. The topological polar surface area (TPSA) is 70.7 Å². The Morgan fingerprint density at radius 2 is 1.68 bits per heavy atom. The van der Waals surface area contributed by atoms with Crippen molar-refractivity contribution in [3.05, 3.63) is 23.8 Å². The Hall–Kier alpha value is -2.08. The van der Waals surface area contributed by atoms with Crippen molar-refractivity contribution in [2.45, 2.75) is 59.8 Å². The molecule has 1 rings (SSSR count). The molecule has 158 valence electrons. The minimum atomic E-state index is -0.150. The van der Waals surface area contributed by atoms with E-state index in [1.54, 1.807) is 25.1 Å². The molecule has 0 aliphatic rings. The summed E-state index contributed by atoms with van der Waals surface area (Å²) in [7, 11) is 0. The molecule has 6 nitrogen and oxygen atoms in total. The second-order valence-electron chi connectivity index (χ2n) is 6.85. The van der Waals surface area contributed by atoms with Crippen LogP contribution >= 0.6 is 0 Å². The number of anilines is 1. The van der Waals surface area contributed by atoms with Crippen LogP contribution < -0.4 is 15.4 Å². The predicted octanol–water partition coefficient (Wildman–Crippen LogP) is 4.07. The van der Waals surface area contributed by atoms with Gasteiger partial charge in [0, 0.05) is 31.3 Å². The van der Waals surface area contributed by atoms with Crippen LogP contribution in [-0.4, -0.2) is 49.5 Å². The summed E-state index contributed by atoms with van der Waals surface area (Å²) < 4.78 is 5.63. The maximum atomic E-state index is 12.6. The van der Waals surface area contributed by atoms with Crippen molar-refractivity contribution in [2.75, 3.05) is 38.1 Å². The first-order valence-corrected chi connectivity index (χ1v) is 10.6. The molecule has 0 unspecified atom stereocenters. The van der Waals surface area contributed by atoms with E-state index in [1.807, 2.05) is 6.92 Å². The highest BCUT2D eigenvalue weighted by molar-refractivity contribution is 5.98. The quantitative estimate of drug-likeness (QED) is 0.502. The molecule has 0 aromatic heterocycles. The third kappa shape index (κ3) is 8.74. The van der Waals surface area contributed by atoms with Crippen LogP contribution in [0.15, 0.2) is 18.2 Å². The van der Waals surface area contributed by atoms with Gasteiger partial charge in [0.1, 0.15) is 5.75 Å². The average Bonchev–Trinajstić information content (AvgIpc) is 2.69. The molecular weight excluding hydrogens is 354 g/mol. The number of ether oxygens (including phenoxy) is 1. The number of carbonyl (C=O) groups is 2. The number of benzene rings is 1. The summed E-state index contributed by atoms with van der Waals surface area (Å²) in [4.78, 5) is 26.6. The molecule has 0 aliphatic carbocycles. The molecule has 2 amide bonds. The highest BCUT2D eigenvalue weighted by atomic mass is 16.5. The lowest BCUT2D eigenvalue weighted by atomic mass is 10.1. The Kier molecular flexibility index (Phi) is 12.0. The maximum Gasteiger partial charge on any atom is 0.255 e. The van der Waals surface area contributed by atoms with Gasteiger partial charge in [0.15, 0.2) is 0 Å². The van der Waals surface area contributed by atoms with Crippen molar-refractivity contribution in [1.29, 1.82) is 0 Å². The highest BCUT2D eigenvalue weighted by Gasteiger charge is 2.14. The first-order chi connectivity index (χ1) is 13.5. The SMILES string of the molecule is CCCCN(CCCC)CCNC(=O)c1ccc(NC(=O)CC)cc1OCC. The Balaban J connectivity index is 2.69. The van der Waals surface area contributed by atoms with E-state index in [2.05, 4.69) is 29.4 Å². The maximum absolute atomic E-state index is 12.6. The predicted molar refractivity (Wildman–Crippen MR) is 115 cm³/mol. The smallest absolute Gasteiger partial charge is 0.255 e. The van der Waals surface area contributed by atoms with Crippen LogP contribution in [0.5, 0.6) is 5.75 Å². The third-order valence-corrected chi connectivity index (χ3v) is 4.50. The van der Waals surface area contributed by atoms with E-state index in [-0.39, 0.29) is 11.8 Å². The van der Waals surface area contributed by atoms with Gasteiger partial charge in [-0.3, -0.25) is 9.59 Å². The van der Waals surface area contributed by atoms with Gasteiger partial charge in [-0.25, -0.2) is 0 Å². The first kappa shape index (κ1) is 24.0. The molecule has 0 aliphatic heterocycles. The van der Waals surface area contributed by atoms with Crippen LogP contribution in [0.1, 0.15) is 70.2 Å². The van der Waals surface area contributed by atoms with Crippen LogP contribution in [-0.2, 0) is 4.79 Å². The summed E-state index contributed by atoms with van der Waals surface area (Å²) in [6.45, 7) is 12.1. The second kappa shape index (κ2) is 14.0. The van der Waals surface area contributed by atoms with Crippen LogP contribution in [0.25, 0.3) is 0 Å². The fourth-order valence-electron chi connectivity index (χ4n) is 2.83.